The zero-order valence-electron chi connectivity index (χ0n) is 17.2. The Labute approximate surface area is 178 Å². The molecule has 1 saturated carbocycles. The molecule has 164 valence electrons. The molecule has 1 heterocycles. The molecule has 1 fully saturated rings. The maximum absolute atomic E-state index is 13.8. The molecule has 4 rings (SSSR count). The lowest BCUT2D eigenvalue weighted by Gasteiger charge is -2.30. The summed E-state index contributed by atoms with van der Waals surface area (Å²) in [6.45, 7) is 2.93. The number of halogens is 4. The van der Waals surface area contributed by atoms with Gasteiger partial charge in [0.15, 0.2) is 5.78 Å². The van der Waals surface area contributed by atoms with Crippen LogP contribution in [0.3, 0.4) is 0 Å². The summed E-state index contributed by atoms with van der Waals surface area (Å²) in [5.41, 5.74) is 2.43. The van der Waals surface area contributed by atoms with Gasteiger partial charge in [-0.15, -0.1) is 0 Å². The van der Waals surface area contributed by atoms with Crippen molar-refractivity contribution in [1.82, 2.24) is 4.90 Å². The van der Waals surface area contributed by atoms with Crippen LogP contribution in [0.4, 0.5) is 17.6 Å². The monoisotopic (exact) mass is 433 g/mol. The van der Waals surface area contributed by atoms with E-state index in [1.165, 1.54) is 6.07 Å². The van der Waals surface area contributed by atoms with Crippen molar-refractivity contribution in [3.8, 4) is 0 Å². The molecule has 0 spiro atoms. The summed E-state index contributed by atoms with van der Waals surface area (Å²) in [4.78, 5) is 27.2. The first-order chi connectivity index (χ1) is 14.6. The lowest BCUT2D eigenvalue weighted by molar-refractivity contribution is -0.140. The number of Topliss-reactive ketones (excluding diaryl/α,β-unsaturated/α-hetero) is 1. The number of rotatable bonds is 5. The molecule has 1 aliphatic heterocycles. The number of carbonyl (C=O) groups is 2. The highest BCUT2D eigenvalue weighted by Gasteiger charge is 2.36. The van der Waals surface area contributed by atoms with Crippen LogP contribution < -0.4 is 0 Å². The first-order valence-corrected chi connectivity index (χ1v) is 10.4. The van der Waals surface area contributed by atoms with Gasteiger partial charge in [-0.05, 0) is 67.0 Å². The molecule has 0 unspecified atom stereocenters. The van der Waals surface area contributed by atoms with Crippen LogP contribution in [0.2, 0.25) is 0 Å². The molecule has 0 bridgehead atoms. The van der Waals surface area contributed by atoms with E-state index in [2.05, 4.69) is 0 Å². The van der Waals surface area contributed by atoms with Gasteiger partial charge in [0.25, 0.3) is 0 Å². The number of hydrogen-bond donors (Lipinski definition) is 0. The molecule has 31 heavy (non-hydrogen) atoms. The molecule has 2 aliphatic rings. The summed E-state index contributed by atoms with van der Waals surface area (Å²) < 4.78 is 52.0. The van der Waals surface area contributed by atoms with E-state index in [0.29, 0.717) is 30.6 Å². The summed E-state index contributed by atoms with van der Waals surface area (Å²) in [7, 11) is 0. The second-order valence-corrected chi connectivity index (χ2v) is 8.41. The molecule has 0 atom stereocenters. The van der Waals surface area contributed by atoms with Gasteiger partial charge in [-0.1, -0.05) is 18.2 Å². The van der Waals surface area contributed by atoms with E-state index >= 15 is 0 Å². The molecule has 1 aliphatic carbocycles. The summed E-state index contributed by atoms with van der Waals surface area (Å²) in [6.07, 6.45) is -2.01. The Hall–Kier alpha value is -2.70. The number of benzene rings is 2. The fourth-order valence-corrected chi connectivity index (χ4v) is 4.26. The van der Waals surface area contributed by atoms with E-state index in [4.69, 9.17) is 0 Å². The Kier molecular flexibility index (Phi) is 5.62. The number of ketones is 1. The Morgan fingerprint density at radius 3 is 2.52 bits per heavy atom. The Bertz CT molecular complexity index is 1040. The van der Waals surface area contributed by atoms with E-state index in [1.807, 2.05) is 24.0 Å². The van der Waals surface area contributed by atoms with Gasteiger partial charge in [0, 0.05) is 31.0 Å². The molecular weight excluding hydrogens is 410 g/mol. The predicted octanol–water partition coefficient (Wildman–Crippen LogP) is 5.26. The lowest BCUT2D eigenvalue weighted by atomic mass is 9.87. The summed E-state index contributed by atoms with van der Waals surface area (Å²) in [5.74, 6) is -1.11. The highest BCUT2D eigenvalue weighted by molar-refractivity contribution is 5.99. The zero-order chi connectivity index (χ0) is 22.3. The van der Waals surface area contributed by atoms with Crippen LogP contribution in [0.5, 0.6) is 0 Å². The average Bonchev–Trinajstić information content (AvgIpc) is 3.55. The van der Waals surface area contributed by atoms with Gasteiger partial charge in [-0.3, -0.25) is 9.59 Å². The number of aryl methyl sites for hydroxylation is 2. The van der Waals surface area contributed by atoms with Crippen molar-refractivity contribution in [2.75, 3.05) is 6.54 Å². The Morgan fingerprint density at radius 1 is 1.13 bits per heavy atom. The minimum atomic E-state index is -4.74. The first-order valence-electron chi connectivity index (χ1n) is 10.4. The van der Waals surface area contributed by atoms with Crippen LogP contribution in [0, 0.1) is 18.7 Å². The van der Waals surface area contributed by atoms with E-state index in [1.54, 1.807) is 0 Å². The molecule has 7 heteroatoms. The number of hydrogen-bond acceptors (Lipinski definition) is 2. The zero-order valence-corrected chi connectivity index (χ0v) is 17.2. The van der Waals surface area contributed by atoms with Crippen LogP contribution in [0.15, 0.2) is 30.3 Å². The number of fused-ring (bicyclic) bond motifs is 1. The summed E-state index contributed by atoms with van der Waals surface area (Å²) >= 11 is 0. The van der Waals surface area contributed by atoms with E-state index in [9.17, 15) is 27.2 Å². The third-order valence-electron chi connectivity index (χ3n) is 6.11. The van der Waals surface area contributed by atoms with Crippen molar-refractivity contribution in [3.05, 3.63) is 69.5 Å². The quantitative estimate of drug-likeness (QED) is 0.476. The maximum Gasteiger partial charge on any atom is 0.419 e. The van der Waals surface area contributed by atoms with E-state index in [0.717, 1.165) is 41.7 Å². The average molecular weight is 433 g/mol. The van der Waals surface area contributed by atoms with Gasteiger partial charge in [-0.25, -0.2) is 4.39 Å². The van der Waals surface area contributed by atoms with Crippen molar-refractivity contribution < 1.29 is 27.2 Å². The van der Waals surface area contributed by atoms with Gasteiger partial charge in [0.2, 0.25) is 5.91 Å². The van der Waals surface area contributed by atoms with Crippen molar-refractivity contribution in [1.29, 1.82) is 0 Å². The third-order valence-corrected chi connectivity index (χ3v) is 6.11. The molecule has 3 nitrogen and oxygen atoms in total. The van der Waals surface area contributed by atoms with Crippen LogP contribution in [0.25, 0.3) is 0 Å². The molecular formula is C24H23F4NO2. The van der Waals surface area contributed by atoms with Crippen molar-refractivity contribution in [2.45, 2.75) is 51.7 Å². The summed E-state index contributed by atoms with van der Waals surface area (Å²) in [5, 5.41) is 0. The van der Waals surface area contributed by atoms with Crippen LogP contribution in [-0.2, 0) is 30.4 Å². The topological polar surface area (TPSA) is 37.4 Å². The van der Waals surface area contributed by atoms with Crippen LogP contribution >= 0.6 is 0 Å². The lowest BCUT2D eigenvalue weighted by Crippen LogP contribution is -2.37. The Balaban J connectivity index is 1.49. The third kappa shape index (κ3) is 4.50. The number of alkyl halides is 3. The highest BCUT2D eigenvalue weighted by Crippen LogP contribution is 2.34. The van der Waals surface area contributed by atoms with E-state index < -0.39 is 17.6 Å². The highest BCUT2D eigenvalue weighted by atomic mass is 19.4. The van der Waals surface area contributed by atoms with Crippen LogP contribution in [0.1, 0.15) is 57.4 Å². The maximum atomic E-state index is 13.8. The van der Waals surface area contributed by atoms with Gasteiger partial charge >= 0.3 is 6.18 Å². The van der Waals surface area contributed by atoms with E-state index in [-0.39, 0.29) is 30.4 Å². The van der Waals surface area contributed by atoms with Crippen molar-refractivity contribution >= 4 is 11.7 Å². The second kappa shape index (κ2) is 8.09. The molecule has 0 radical (unpaired) electrons. The molecule has 0 N–H and O–H groups in total. The number of carbonyl (C=O) groups excluding carboxylic acids is 2. The fourth-order valence-electron chi connectivity index (χ4n) is 4.26. The first kappa shape index (κ1) is 21.5. The second-order valence-electron chi connectivity index (χ2n) is 8.41. The molecule has 0 aromatic heterocycles. The minimum absolute atomic E-state index is 0.0762. The normalized spacial score (nSPS) is 16.2. The van der Waals surface area contributed by atoms with Crippen LogP contribution in [-0.4, -0.2) is 23.1 Å². The predicted molar refractivity (Wildman–Crippen MR) is 107 cm³/mol. The fraction of sp³-hybridized carbons (Fsp3) is 0.417. The van der Waals surface area contributed by atoms with Gasteiger partial charge < -0.3 is 4.90 Å². The molecule has 1 amide bonds. The summed E-state index contributed by atoms with van der Waals surface area (Å²) in [6, 6.07) is 6.61. The minimum Gasteiger partial charge on any atom is -0.338 e. The largest absolute Gasteiger partial charge is 0.419 e. The van der Waals surface area contributed by atoms with Crippen molar-refractivity contribution in [2.24, 2.45) is 5.92 Å². The van der Waals surface area contributed by atoms with Gasteiger partial charge in [0.1, 0.15) is 5.82 Å². The van der Waals surface area contributed by atoms with Gasteiger partial charge in [0.05, 0.1) is 5.56 Å². The Morgan fingerprint density at radius 2 is 1.87 bits per heavy atom. The van der Waals surface area contributed by atoms with Crippen molar-refractivity contribution in [3.63, 3.8) is 0 Å². The number of amides is 1. The standard InChI is InChI=1S/C24H23F4NO2/c1-14-2-5-17-13-29(23(31)16-6-7-16)11-10-18(17)22(14)21(30)9-4-15-3-8-19(20(25)12-15)24(26,27)28/h2-3,5,8,12,16H,4,6-7,9-11,13H2,1H3. The van der Waals surface area contributed by atoms with Gasteiger partial charge in [-0.2, -0.15) is 13.2 Å². The smallest absolute Gasteiger partial charge is 0.338 e. The number of nitrogens with zero attached hydrogens (tertiary/aromatic N) is 1. The molecule has 0 saturated heterocycles. The molecule has 2 aromatic carbocycles. The SMILES string of the molecule is Cc1ccc2c(c1C(=O)CCc1ccc(C(F)(F)F)c(F)c1)CCN(C(=O)C1CC1)C2. The molecule has 2 aromatic rings.